The molecule has 0 spiro atoms. The lowest BCUT2D eigenvalue weighted by Gasteiger charge is -2.24. The lowest BCUT2D eigenvalue weighted by Crippen LogP contribution is -2.37. The standard InChI is InChI=1S/C16H15N3O5/c20-14(21)9-10-3-2-8-18(10)16(22)12-5-6-13(19(23)24)11-4-1-7-17-15(11)12/h1,4-7,10H,2-3,8-9H2,(H,20,21). The number of carboxylic acid groups (broad SMARTS) is 1. The Hall–Kier alpha value is -3.03. The van der Waals surface area contributed by atoms with E-state index in [0.29, 0.717) is 18.4 Å². The first-order valence-electron chi connectivity index (χ1n) is 7.54. The van der Waals surface area contributed by atoms with Gasteiger partial charge in [-0.3, -0.25) is 24.7 Å². The average Bonchev–Trinajstić information content (AvgIpc) is 3.00. The number of amides is 1. The number of nitro groups is 1. The zero-order valence-electron chi connectivity index (χ0n) is 12.7. The van der Waals surface area contributed by atoms with Crippen molar-refractivity contribution < 1.29 is 19.6 Å². The van der Waals surface area contributed by atoms with Crippen LogP contribution in [0.15, 0.2) is 30.5 Å². The molecule has 0 radical (unpaired) electrons. The van der Waals surface area contributed by atoms with Gasteiger partial charge in [0.25, 0.3) is 11.6 Å². The van der Waals surface area contributed by atoms with Crippen molar-refractivity contribution in [2.24, 2.45) is 0 Å². The Balaban J connectivity index is 2.03. The molecular formula is C16H15N3O5. The van der Waals surface area contributed by atoms with E-state index in [1.165, 1.54) is 23.2 Å². The molecule has 3 rings (SSSR count). The number of hydrogen-bond acceptors (Lipinski definition) is 5. The van der Waals surface area contributed by atoms with E-state index in [9.17, 15) is 19.7 Å². The molecule has 1 fully saturated rings. The number of fused-ring (bicyclic) bond motifs is 1. The number of likely N-dealkylation sites (tertiary alicyclic amines) is 1. The van der Waals surface area contributed by atoms with Crippen LogP contribution in [-0.4, -0.2) is 44.4 Å². The minimum atomic E-state index is -0.952. The molecule has 24 heavy (non-hydrogen) atoms. The van der Waals surface area contributed by atoms with Crippen molar-refractivity contribution in [2.45, 2.75) is 25.3 Å². The van der Waals surface area contributed by atoms with E-state index in [2.05, 4.69) is 4.98 Å². The second-order valence-electron chi connectivity index (χ2n) is 5.68. The van der Waals surface area contributed by atoms with E-state index in [-0.39, 0.29) is 35.1 Å². The predicted molar refractivity (Wildman–Crippen MR) is 84.7 cm³/mol. The normalized spacial score (nSPS) is 17.2. The predicted octanol–water partition coefficient (Wildman–Crippen LogP) is 2.22. The number of nitro benzene ring substituents is 1. The second-order valence-corrected chi connectivity index (χ2v) is 5.68. The third-order valence-corrected chi connectivity index (χ3v) is 4.22. The zero-order valence-corrected chi connectivity index (χ0v) is 12.7. The van der Waals surface area contributed by atoms with E-state index < -0.39 is 10.9 Å². The number of hydrogen-bond donors (Lipinski definition) is 1. The number of aliphatic carboxylic acids is 1. The molecule has 1 unspecified atom stereocenters. The highest BCUT2D eigenvalue weighted by Gasteiger charge is 2.32. The van der Waals surface area contributed by atoms with Crippen molar-refractivity contribution in [3.05, 3.63) is 46.1 Å². The van der Waals surface area contributed by atoms with Gasteiger partial charge in [-0.2, -0.15) is 0 Å². The van der Waals surface area contributed by atoms with Crippen molar-refractivity contribution in [3.8, 4) is 0 Å². The Kier molecular flexibility index (Phi) is 4.11. The second kappa shape index (κ2) is 6.23. The minimum Gasteiger partial charge on any atom is -0.481 e. The summed E-state index contributed by atoms with van der Waals surface area (Å²) in [6, 6.07) is 5.46. The third-order valence-electron chi connectivity index (χ3n) is 4.22. The highest BCUT2D eigenvalue weighted by molar-refractivity contribution is 6.08. The molecule has 8 nitrogen and oxygen atoms in total. The van der Waals surface area contributed by atoms with Gasteiger partial charge in [0.05, 0.1) is 27.8 Å². The molecule has 2 aromatic rings. The van der Waals surface area contributed by atoms with Gasteiger partial charge in [-0.15, -0.1) is 0 Å². The van der Waals surface area contributed by atoms with Gasteiger partial charge in [0, 0.05) is 24.8 Å². The number of carbonyl (C=O) groups excluding carboxylic acids is 1. The number of pyridine rings is 1. The third kappa shape index (κ3) is 2.78. The fourth-order valence-corrected chi connectivity index (χ4v) is 3.16. The summed E-state index contributed by atoms with van der Waals surface area (Å²) in [7, 11) is 0. The first kappa shape index (κ1) is 15.9. The van der Waals surface area contributed by atoms with Crippen molar-refractivity contribution in [3.63, 3.8) is 0 Å². The number of non-ortho nitro benzene ring substituents is 1. The Bertz CT molecular complexity index is 836. The summed E-state index contributed by atoms with van der Waals surface area (Å²) < 4.78 is 0. The maximum atomic E-state index is 12.9. The fourth-order valence-electron chi connectivity index (χ4n) is 3.16. The largest absolute Gasteiger partial charge is 0.481 e. The number of nitrogens with zero attached hydrogens (tertiary/aromatic N) is 3. The van der Waals surface area contributed by atoms with Crippen LogP contribution in [0.4, 0.5) is 5.69 Å². The quantitative estimate of drug-likeness (QED) is 0.679. The maximum Gasteiger partial charge on any atom is 0.305 e. The van der Waals surface area contributed by atoms with Crippen LogP contribution >= 0.6 is 0 Å². The lowest BCUT2D eigenvalue weighted by molar-refractivity contribution is -0.383. The zero-order chi connectivity index (χ0) is 17.3. The van der Waals surface area contributed by atoms with Crippen LogP contribution < -0.4 is 0 Å². The molecule has 124 valence electrons. The van der Waals surface area contributed by atoms with Crippen LogP contribution in [0.3, 0.4) is 0 Å². The Morgan fingerprint density at radius 3 is 2.88 bits per heavy atom. The molecule has 0 saturated carbocycles. The smallest absolute Gasteiger partial charge is 0.305 e. The summed E-state index contributed by atoms with van der Waals surface area (Å²) in [6.45, 7) is 0.474. The monoisotopic (exact) mass is 329 g/mol. The Morgan fingerprint density at radius 2 is 2.17 bits per heavy atom. The van der Waals surface area contributed by atoms with Crippen LogP contribution in [-0.2, 0) is 4.79 Å². The molecule has 8 heteroatoms. The van der Waals surface area contributed by atoms with Crippen LogP contribution in [0.1, 0.15) is 29.6 Å². The maximum absolute atomic E-state index is 12.9. The van der Waals surface area contributed by atoms with Crippen molar-refractivity contribution in [1.82, 2.24) is 9.88 Å². The molecule has 1 aliphatic heterocycles. The molecule has 1 N–H and O–H groups in total. The highest BCUT2D eigenvalue weighted by Crippen LogP contribution is 2.29. The first-order chi connectivity index (χ1) is 11.5. The molecule has 1 atom stereocenters. The van der Waals surface area contributed by atoms with E-state index in [1.54, 1.807) is 12.1 Å². The van der Waals surface area contributed by atoms with Gasteiger partial charge in [-0.05, 0) is 31.0 Å². The summed E-state index contributed by atoms with van der Waals surface area (Å²) >= 11 is 0. The van der Waals surface area contributed by atoms with Gasteiger partial charge in [-0.25, -0.2) is 0 Å². The number of carboxylic acids is 1. The van der Waals surface area contributed by atoms with E-state index >= 15 is 0 Å². The van der Waals surface area contributed by atoms with Crippen LogP contribution in [0.2, 0.25) is 0 Å². The molecule has 0 bridgehead atoms. The summed E-state index contributed by atoms with van der Waals surface area (Å²) in [5, 5.41) is 20.4. The van der Waals surface area contributed by atoms with Crippen molar-refractivity contribution >= 4 is 28.5 Å². The number of rotatable bonds is 4. The van der Waals surface area contributed by atoms with Gasteiger partial charge in [0.15, 0.2) is 0 Å². The van der Waals surface area contributed by atoms with Gasteiger partial charge < -0.3 is 10.0 Å². The fraction of sp³-hybridized carbons (Fsp3) is 0.312. The van der Waals surface area contributed by atoms with Crippen LogP contribution in [0.5, 0.6) is 0 Å². The topological polar surface area (TPSA) is 114 Å². The number of carbonyl (C=O) groups is 2. The van der Waals surface area contributed by atoms with Crippen LogP contribution in [0, 0.1) is 10.1 Å². The minimum absolute atomic E-state index is 0.107. The van der Waals surface area contributed by atoms with E-state index in [4.69, 9.17) is 5.11 Å². The van der Waals surface area contributed by atoms with Gasteiger partial charge in [0.2, 0.25) is 0 Å². The number of benzene rings is 1. The first-order valence-corrected chi connectivity index (χ1v) is 7.54. The molecule has 2 heterocycles. The molecule has 1 amide bonds. The highest BCUT2D eigenvalue weighted by atomic mass is 16.6. The molecule has 1 saturated heterocycles. The number of aromatic nitrogens is 1. The summed E-state index contributed by atoms with van der Waals surface area (Å²) in [4.78, 5) is 40.1. The lowest BCUT2D eigenvalue weighted by atomic mass is 10.1. The van der Waals surface area contributed by atoms with Gasteiger partial charge >= 0.3 is 5.97 Å². The molecule has 1 aliphatic rings. The van der Waals surface area contributed by atoms with E-state index in [1.807, 2.05) is 0 Å². The van der Waals surface area contributed by atoms with Gasteiger partial charge in [-0.1, -0.05) is 0 Å². The Labute approximate surface area is 136 Å². The molecule has 1 aromatic carbocycles. The molecular weight excluding hydrogens is 314 g/mol. The average molecular weight is 329 g/mol. The van der Waals surface area contributed by atoms with Gasteiger partial charge in [0.1, 0.15) is 0 Å². The summed E-state index contributed by atoms with van der Waals surface area (Å²) in [6.07, 6.45) is 2.74. The van der Waals surface area contributed by atoms with Crippen molar-refractivity contribution in [2.75, 3.05) is 6.54 Å². The van der Waals surface area contributed by atoms with E-state index in [0.717, 1.165) is 6.42 Å². The van der Waals surface area contributed by atoms with Crippen molar-refractivity contribution in [1.29, 1.82) is 0 Å². The van der Waals surface area contributed by atoms with Crippen LogP contribution in [0.25, 0.3) is 10.9 Å². The SMILES string of the molecule is O=C(O)CC1CCCN1C(=O)c1ccc([N+](=O)[O-])c2cccnc12. The molecule has 1 aromatic heterocycles. The Morgan fingerprint density at radius 1 is 1.38 bits per heavy atom. The molecule has 0 aliphatic carbocycles. The summed E-state index contributed by atoms with van der Waals surface area (Å²) in [5.41, 5.74) is 0.407. The summed E-state index contributed by atoms with van der Waals surface area (Å²) in [5.74, 6) is -1.29.